The molecule has 0 spiro atoms. The summed E-state index contributed by atoms with van der Waals surface area (Å²) in [6, 6.07) is 0. The number of nitrogens with two attached hydrogens (primary N) is 1. The third-order valence-electron chi connectivity index (χ3n) is 3.92. The maximum atomic E-state index is 6.03. The number of nitrogens with zero attached hydrogens (tertiary/aromatic N) is 2. The molecule has 1 aromatic heterocycles. The number of hydrogen-bond donors (Lipinski definition) is 1. The molecule has 3 atom stereocenters. The highest BCUT2D eigenvalue weighted by Crippen LogP contribution is 2.36. The van der Waals surface area contributed by atoms with Crippen LogP contribution in [0.3, 0.4) is 0 Å². The molecule has 4 heteroatoms. The van der Waals surface area contributed by atoms with Crippen molar-refractivity contribution in [2.75, 3.05) is 5.73 Å². The zero-order valence-corrected chi connectivity index (χ0v) is 11.5. The van der Waals surface area contributed by atoms with Crippen molar-refractivity contribution in [3.63, 3.8) is 0 Å². The molecule has 100 valence electrons. The standard InChI is InChI=1S/C14H23N3O/c1-9(2)11-5-4-10(3)8-12(11)18-14-13(15)16-6-7-17-14/h6-7,9-12H,4-5,8H2,1-3H3,(H2,15,16). The van der Waals surface area contributed by atoms with Crippen molar-refractivity contribution in [2.45, 2.75) is 46.1 Å². The Morgan fingerprint density at radius 2 is 2.00 bits per heavy atom. The van der Waals surface area contributed by atoms with Crippen LogP contribution in [0.15, 0.2) is 12.4 Å². The molecule has 0 saturated heterocycles. The molecular formula is C14H23N3O. The minimum absolute atomic E-state index is 0.216. The monoisotopic (exact) mass is 249 g/mol. The number of aromatic nitrogens is 2. The van der Waals surface area contributed by atoms with Crippen molar-refractivity contribution in [1.29, 1.82) is 0 Å². The molecule has 1 aliphatic carbocycles. The molecule has 18 heavy (non-hydrogen) atoms. The smallest absolute Gasteiger partial charge is 0.257 e. The minimum atomic E-state index is 0.216. The molecule has 1 aliphatic rings. The van der Waals surface area contributed by atoms with E-state index in [4.69, 9.17) is 10.5 Å². The molecule has 3 unspecified atom stereocenters. The number of anilines is 1. The van der Waals surface area contributed by atoms with Crippen molar-refractivity contribution in [1.82, 2.24) is 9.97 Å². The van der Waals surface area contributed by atoms with Gasteiger partial charge in [-0.05, 0) is 30.6 Å². The Labute approximate surface area is 109 Å². The van der Waals surface area contributed by atoms with Gasteiger partial charge >= 0.3 is 0 Å². The molecule has 1 fully saturated rings. The van der Waals surface area contributed by atoms with Crippen LogP contribution < -0.4 is 10.5 Å². The molecule has 0 aliphatic heterocycles. The lowest BCUT2D eigenvalue weighted by Gasteiger charge is -2.37. The van der Waals surface area contributed by atoms with Gasteiger partial charge in [-0.15, -0.1) is 0 Å². The maximum absolute atomic E-state index is 6.03. The average molecular weight is 249 g/mol. The van der Waals surface area contributed by atoms with Crippen molar-refractivity contribution in [2.24, 2.45) is 17.8 Å². The first-order valence-electron chi connectivity index (χ1n) is 6.81. The van der Waals surface area contributed by atoms with Crippen LogP contribution in [0.1, 0.15) is 40.0 Å². The molecule has 4 nitrogen and oxygen atoms in total. The predicted molar refractivity (Wildman–Crippen MR) is 72.2 cm³/mol. The first kappa shape index (κ1) is 13.1. The first-order chi connectivity index (χ1) is 8.58. The lowest BCUT2D eigenvalue weighted by molar-refractivity contribution is 0.0430. The van der Waals surface area contributed by atoms with Crippen LogP contribution in [0.4, 0.5) is 5.82 Å². The fraction of sp³-hybridized carbons (Fsp3) is 0.714. The third kappa shape index (κ3) is 2.92. The summed E-state index contributed by atoms with van der Waals surface area (Å²) in [5, 5.41) is 0. The normalized spacial score (nSPS) is 28.3. The van der Waals surface area contributed by atoms with E-state index in [0.29, 0.717) is 29.5 Å². The number of rotatable bonds is 3. The summed E-state index contributed by atoms with van der Waals surface area (Å²) in [5.74, 6) is 2.80. The summed E-state index contributed by atoms with van der Waals surface area (Å²) in [6.07, 6.45) is 7.03. The molecular weight excluding hydrogens is 226 g/mol. The van der Waals surface area contributed by atoms with Crippen molar-refractivity contribution >= 4 is 5.82 Å². The van der Waals surface area contributed by atoms with Gasteiger partial charge in [0.2, 0.25) is 0 Å². The second kappa shape index (κ2) is 5.55. The van der Waals surface area contributed by atoms with E-state index < -0.39 is 0 Å². The Balaban J connectivity index is 2.11. The molecule has 1 aromatic rings. The van der Waals surface area contributed by atoms with Gasteiger partial charge in [-0.3, -0.25) is 0 Å². The van der Waals surface area contributed by atoms with Gasteiger partial charge in [-0.25, -0.2) is 9.97 Å². The summed E-state index contributed by atoms with van der Waals surface area (Å²) in [7, 11) is 0. The molecule has 2 N–H and O–H groups in total. The van der Waals surface area contributed by atoms with Crippen LogP contribution in [0.5, 0.6) is 5.88 Å². The Morgan fingerprint density at radius 3 is 2.67 bits per heavy atom. The highest BCUT2D eigenvalue weighted by atomic mass is 16.5. The van der Waals surface area contributed by atoms with Gasteiger partial charge in [0.1, 0.15) is 6.10 Å². The van der Waals surface area contributed by atoms with E-state index in [-0.39, 0.29) is 6.10 Å². The summed E-state index contributed by atoms with van der Waals surface area (Å²) >= 11 is 0. The van der Waals surface area contributed by atoms with E-state index in [1.54, 1.807) is 12.4 Å². The largest absolute Gasteiger partial charge is 0.471 e. The highest BCUT2D eigenvalue weighted by molar-refractivity contribution is 5.38. The number of ether oxygens (including phenoxy) is 1. The number of nitrogen functional groups attached to an aromatic ring is 1. The molecule has 0 radical (unpaired) electrons. The highest BCUT2D eigenvalue weighted by Gasteiger charge is 2.32. The minimum Gasteiger partial charge on any atom is -0.471 e. The first-order valence-corrected chi connectivity index (χ1v) is 6.81. The van der Waals surface area contributed by atoms with Crippen LogP contribution in [0, 0.1) is 17.8 Å². The van der Waals surface area contributed by atoms with E-state index in [1.807, 2.05) is 0 Å². The van der Waals surface area contributed by atoms with E-state index in [2.05, 4.69) is 30.7 Å². The van der Waals surface area contributed by atoms with Gasteiger partial charge in [0.15, 0.2) is 5.82 Å². The summed E-state index contributed by atoms with van der Waals surface area (Å²) in [6.45, 7) is 6.81. The van der Waals surface area contributed by atoms with Gasteiger partial charge in [0.05, 0.1) is 0 Å². The third-order valence-corrected chi connectivity index (χ3v) is 3.92. The van der Waals surface area contributed by atoms with Crippen LogP contribution in [0.25, 0.3) is 0 Å². The van der Waals surface area contributed by atoms with Crippen molar-refractivity contribution in [3.05, 3.63) is 12.4 Å². The lowest BCUT2D eigenvalue weighted by atomic mass is 9.75. The zero-order valence-electron chi connectivity index (χ0n) is 11.5. The predicted octanol–water partition coefficient (Wildman–Crippen LogP) is 2.90. The number of hydrogen-bond acceptors (Lipinski definition) is 4. The van der Waals surface area contributed by atoms with Crippen LogP contribution >= 0.6 is 0 Å². The van der Waals surface area contributed by atoms with E-state index in [9.17, 15) is 0 Å². The van der Waals surface area contributed by atoms with Crippen molar-refractivity contribution in [3.8, 4) is 5.88 Å². The van der Waals surface area contributed by atoms with Crippen LogP contribution in [-0.4, -0.2) is 16.1 Å². The van der Waals surface area contributed by atoms with Gasteiger partial charge in [0.25, 0.3) is 5.88 Å². The maximum Gasteiger partial charge on any atom is 0.257 e. The van der Waals surface area contributed by atoms with Gasteiger partial charge in [-0.1, -0.05) is 27.2 Å². The second-order valence-corrected chi connectivity index (χ2v) is 5.73. The topological polar surface area (TPSA) is 61.0 Å². The Morgan fingerprint density at radius 1 is 1.28 bits per heavy atom. The van der Waals surface area contributed by atoms with Gasteiger partial charge in [-0.2, -0.15) is 0 Å². The van der Waals surface area contributed by atoms with Crippen LogP contribution in [-0.2, 0) is 0 Å². The zero-order chi connectivity index (χ0) is 13.1. The van der Waals surface area contributed by atoms with Crippen LogP contribution in [0.2, 0.25) is 0 Å². The Kier molecular flexibility index (Phi) is 4.04. The Bertz CT molecular complexity index is 394. The molecule has 0 amide bonds. The fourth-order valence-corrected chi connectivity index (χ4v) is 2.82. The van der Waals surface area contributed by atoms with E-state index in [1.165, 1.54) is 12.8 Å². The summed E-state index contributed by atoms with van der Waals surface area (Å²) in [5.41, 5.74) is 5.80. The fourth-order valence-electron chi connectivity index (χ4n) is 2.82. The molecule has 1 heterocycles. The molecule has 2 rings (SSSR count). The van der Waals surface area contributed by atoms with E-state index >= 15 is 0 Å². The van der Waals surface area contributed by atoms with E-state index in [0.717, 1.165) is 6.42 Å². The molecule has 0 bridgehead atoms. The quantitative estimate of drug-likeness (QED) is 0.894. The summed E-state index contributed by atoms with van der Waals surface area (Å²) < 4.78 is 6.03. The second-order valence-electron chi connectivity index (χ2n) is 5.73. The summed E-state index contributed by atoms with van der Waals surface area (Å²) in [4.78, 5) is 8.21. The molecule has 1 saturated carbocycles. The Hall–Kier alpha value is -1.32. The van der Waals surface area contributed by atoms with Crippen molar-refractivity contribution < 1.29 is 4.74 Å². The van der Waals surface area contributed by atoms with Gasteiger partial charge < -0.3 is 10.5 Å². The SMILES string of the molecule is CC1CCC(C(C)C)C(Oc2nccnc2N)C1. The molecule has 0 aromatic carbocycles. The lowest BCUT2D eigenvalue weighted by Crippen LogP contribution is -2.36. The average Bonchev–Trinajstić information content (AvgIpc) is 2.32. The van der Waals surface area contributed by atoms with Gasteiger partial charge in [0, 0.05) is 12.4 Å².